The largest absolute Gasteiger partial charge is 0.481 e. The second-order valence-corrected chi connectivity index (χ2v) is 4.79. The van der Waals surface area contributed by atoms with Gasteiger partial charge in [-0.15, -0.1) is 0 Å². The summed E-state index contributed by atoms with van der Waals surface area (Å²) in [5, 5.41) is 12.3. The van der Waals surface area contributed by atoms with Crippen LogP contribution in [0.3, 0.4) is 0 Å². The molecule has 0 aromatic heterocycles. The summed E-state index contributed by atoms with van der Waals surface area (Å²) in [6.45, 7) is 3.96. The number of carbonyl (C=O) groups excluding carboxylic acids is 1. The highest BCUT2D eigenvalue weighted by Gasteiger charge is 2.23. The number of rotatable bonds is 3. The molecule has 1 aromatic rings. The number of carbonyl (C=O) groups is 2. The summed E-state index contributed by atoms with van der Waals surface area (Å²) < 4.78 is 0. The smallest absolute Gasteiger partial charge is 0.309 e. The van der Waals surface area contributed by atoms with E-state index >= 15 is 0 Å². The van der Waals surface area contributed by atoms with Crippen LogP contribution in [0.2, 0.25) is 0 Å². The Morgan fingerprint density at radius 2 is 2.21 bits per heavy atom. The van der Waals surface area contributed by atoms with Crippen molar-refractivity contribution in [2.45, 2.75) is 6.92 Å². The van der Waals surface area contributed by atoms with Crippen LogP contribution in [0, 0.1) is 5.92 Å². The number of hydrogen-bond donors (Lipinski definition) is 2. The lowest BCUT2D eigenvalue weighted by atomic mass is 10.1. The van der Waals surface area contributed by atoms with E-state index in [1.165, 1.54) is 6.92 Å². The maximum atomic E-state index is 11.4. The summed E-state index contributed by atoms with van der Waals surface area (Å²) in [6, 6.07) is 7.35. The van der Waals surface area contributed by atoms with Crippen LogP contribution in [0.4, 0.5) is 5.69 Å². The second-order valence-electron chi connectivity index (χ2n) is 4.79. The molecule has 1 aliphatic rings. The first-order chi connectivity index (χ1) is 9.08. The number of benzene rings is 1. The normalized spacial score (nSPS) is 19.8. The van der Waals surface area contributed by atoms with E-state index in [1.54, 1.807) is 6.07 Å². The number of nitrogens with zero attached hydrogens (tertiary/aromatic N) is 1. The molecule has 1 heterocycles. The van der Waals surface area contributed by atoms with Crippen molar-refractivity contribution in [1.29, 1.82) is 0 Å². The van der Waals surface area contributed by atoms with Gasteiger partial charge in [-0.2, -0.15) is 0 Å². The van der Waals surface area contributed by atoms with Gasteiger partial charge in [-0.3, -0.25) is 9.59 Å². The third kappa shape index (κ3) is 3.32. The van der Waals surface area contributed by atoms with Crippen molar-refractivity contribution >= 4 is 17.4 Å². The van der Waals surface area contributed by atoms with Crippen LogP contribution in [0.15, 0.2) is 24.3 Å². The topological polar surface area (TPSA) is 69.6 Å². The maximum absolute atomic E-state index is 11.4. The molecule has 102 valence electrons. The molecule has 1 unspecified atom stereocenters. The van der Waals surface area contributed by atoms with E-state index in [-0.39, 0.29) is 5.78 Å². The van der Waals surface area contributed by atoms with E-state index in [1.807, 2.05) is 23.1 Å². The summed E-state index contributed by atoms with van der Waals surface area (Å²) in [5.41, 5.74) is 1.56. The standard InChI is InChI=1S/C14H18N2O3/c1-10(17)11-3-2-4-13(7-11)16-6-5-15-8-12(9-16)14(18)19/h2-4,7,12,15H,5-6,8-9H2,1H3,(H,18,19). The molecule has 0 saturated carbocycles. The Morgan fingerprint density at radius 1 is 1.42 bits per heavy atom. The molecule has 0 radical (unpaired) electrons. The predicted molar refractivity (Wildman–Crippen MR) is 72.7 cm³/mol. The SMILES string of the molecule is CC(=O)c1cccc(N2CCNCC(C(=O)O)C2)c1. The average Bonchev–Trinajstić information content (AvgIpc) is 2.64. The molecule has 1 fully saturated rings. The molecule has 5 nitrogen and oxygen atoms in total. The van der Waals surface area contributed by atoms with Gasteiger partial charge >= 0.3 is 5.97 Å². The average molecular weight is 262 g/mol. The van der Waals surface area contributed by atoms with E-state index in [2.05, 4.69) is 5.32 Å². The lowest BCUT2D eigenvalue weighted by molar-refractivity contribution is -0.141. The van der Waals surface area contributed by atoms with E-state index in [9.17, 15) is 9.59 Å². The van der Waals surface area contributed by atoms with E-state index < -0.39 is 11.9 Å². The predicted octanol–water partition coefficient (Wildman–Crippen LogP) is 1.000. The summed E-state index contributed by atoms with van der Waals surface area (Å²) >= 11 is 0. The Morgan fingerprint density at radius 3 is 2.89 bits per heavy atom. The number of hydrogen-bond acceptors (Lipinski definition) is 4. The molecular formula is C14H18N2O3. The summed E-state index contributed by atoms with van der Waals surface area (Å²) in [6.07, 6.45) is 0. The number of carboxylic acids is 1. The van der Waals surface area contributed by atoms with Gasteiger partial charge in [0.05, 0.1) is 5.92 Å². The quantitative estimate of drug-likeness (QED) is 0.795. The van der Waals surface area contributed by atoms with E-state index in [0.717, 1.165) is 18.8 Å². The highest BCUT2D eigenvalue weighted by atomic mass is 16.4. The van der Waals surface area contributed by atoms with Gasteiger partial charge in [-0.25, -0.2) is 0 Å². The Balaban J connectivity index is 2.21. The fraction of sp³-hybridized carbons (Fsp3) is 0.429. The zero-order valence-electron chi connectivity index (χ0n) is 10.9. The molecule has 19 heavy (non-hydrogen) atoms. The lowest BCUT2D eigenvalue weighted by Crippen LogP contribution is -2.33. The summed E-state index contributed by atoms with van der Waals surface area (Å²) in [5.74, 6) is -1.20. The summed E-state index contributed by atoms with van der Waals surface area (Å²) in [7, 11) is 0. The van der Waals surface area contributed by atoms with Gasteiger partial charge in [-0.1, -0.05) is 12.1 Å². The van der Waals surface area contributed by atoms with Crippen molar-refractivity contribution in [3.63, 3.8) is 0 Å². The molecule has 0 aliphatic carbocycles. The third-order valence-electron chi connectivity index (χ3n) is 3.36. The molecule has 1 saturated heterocycles. The minimum absolute atomic E-state index is 0.0181. The van der Waals surface area contributed by atoms with Crippen LogP contribution < -0.4 is 10.2 Å². The Labute approximate surface area is 112 Å². The van der Waals surface area contributed by atoms with Gasteiger partial charge < -0.3 is 15.3 Å². The number of ketones is 1. The molecule has 2 N–H and O–H groups in total. The molecule has 0 bridgehead atoms. The van der Waals surface area contributed by atoms with E-state index in [4.69, 9.17) is 5.11 Å². The molecular weight excluding hydrogens is 244 g/mol. The minimum Gasteiger partial charge on any atom is -0.481 e. The molecule has 1 atom stereocenters. The highest BCUT2D eigenvalue weighted by molar-refractivity contribution is 5.95. The zero-order chi connectivity index (χ0) is 13.8. The first-order valence-corrected chi connectivity index (χ1v) is 6.37. The minimum atomic E-state index is -0.790. The van der Waals surface area contributed by atoms with Crippen molar-refractivity contribution < 1.29 is 14.7 Å². The van der Waals surface area contributed by atoms with Crippen molar-refractivity contribution in [2.75, 3.05) is 31.1 Å². The lowest BCUT2D eigenvalue weighted by Gasteiger charge is -2.24. The Kier molecular flexibility index (Phi) is 4.16. The Bertz CT molecular complexity index is 487. The number of anilines is 1. The fourth-order valence-electron chi connectivity index (χ4n) is 2.23. The first kappa shape index (κ1) is 13.5. The number of aliphatic carboxylic acids is 1. The van der Waals surface area contributed by atoms with Gasteiger partial charge in [0, 0.05) is 37.4 Å². The molecule has 0 amide bonds. The van der Waals surface area contributed by atoms with Crippen LogP contribution in [0.1, 0.15) is 17.3 Å². The van der Waals surface area contributed by atoms with Crippen molar-refractivity contribution in [3.8, 4) is 0 Å². The van der Waals surface area contributed by atoms with Crippen molar-refractivity contribution in [3.05, 3.63) is 29.8 Å². The van der Waals surface area contributed by atoms with Gasteiger partial charge in [0.1, 0.15) is 0 Å². The van der Waals surface area contributed by atoms with Crippen LogP contribution in [0.5, 0.6) is 0 Å². The molecule has 0 spiro atoms. The van der Waals surface area contributed by atoms with Crippen molar-refractivity contribution in [1.82, 2.24) is 5.32 Å². The third-order valence-corrected chi connectivity index (χ3v) is 3.36. The number of nitrogens with one attached hydrogen (secondary N) is 1. The van der Waals surface area contributed by atoms with Gasteiger partial charge in [-0.05, 0) is 19.1 Å². The van der Waals surface area contributed by atoms with Crippen LogP contribution >= 0.6 is 0 Å². The van der Waals surface area contributed by atoms with Crippen molar-refractivity contribution in [2.24, 2.45) is 5.92 Å². The fourth-order valence-corrected chi connectivity index (χ4v) is 2.23. The van der Waals surface area contributed by atoms with Crippen LogP contribution in [-0.4, -0.2) is 43.0 Å². The number of carboxylic acid groups (broad SMARTS) is 1. The van der Waals surface area contributed by atoms with Crippen LogP contribution in [0.25, 0.3) is 0 Å². The highest BCUT2D eigenvalue weighted by Crippen LogP contribution is 2.19. The Hall–Kier alpha value is -1.88. The number of Topliss-reactive ketones (excluding diaryl/α,β-unsaturated/α-hetero) is 1. The van der Waals surface area contributed by atoms with Crippen LogP contribution in [-0.2, 0) is 4.79 Å². The second kappa shape index (κ2) is 5.84. The van der Waals surface area contributed by atoms with Gasteiger partial charge in [0.2, 0.25) is 0 Å². The molecule has 5 heteroatoms. The molecule has 1 aromatic carbocycles. The molecule has 1 aliphatic heterocycles. The van der Waals surface area contributed by atoms with Gasteiger partial charge in [0.25, 0.3) is 0 Å². The monoisotopic (exact) mass is 262 g/mol. The molecule has 2 rings (SSSR count). The van der Waals surface area contributed by atoms with E-state index in [0.29, 0.717) is 18.7 Å². The maximum Gasteiger partial charge on any atom is 0.309 e. The summed E-state index contributed by atoms with van der Waals surface area (Å²) in [4.78, 5) is 24.6. The zero-order valence-corrected chi connectivity index (χ0v) is 10.9. The van der Waals surface area contributed by atoms with Gasteiger partial charge in [0.15, 0.2) is 5.78 Å². The first-order valence-electron chi connectivity index (χ1n) is 6.37.